The third-order valence-electron chi connectivity index (χ3n) is 0.621. The number of aliphatic carboxylic acids is 1. The maximum absolute atomic E-state index is 10.4. The second-order valence-corrected chi connectivity index (χ2v) is 1.64. The van der Waals surface area contributed by atoms with Gasteiger partial charge in [0, 0.05) is 0 Å². The molecule has 0 radical (unpaired) electrons. The topological polar surface area (TPSA) is 131 Å². The summed E-state index contributed by atoms with van der Waals surface area (Å²) in [5.41, 5.74) is 11.5. The van der Waals surface area contributed by atoms with E-state index in [1.807, 2.05) is 5.43 Å². The van der Waals surface area contributed by atoms with Gasteiger partial charge < -0.3 is 16.6 Å². The fraction of sp³-hybridized carbons (Fsp3) is 0.250. The van der Waals surface area contributed by atoms with E-state index < -0.39 is 18.3 Å². The largest absolute Gasteiger partial charge is 0.481 e. The molecule has 0 heterocycles. The second-order valence-electron chi connectivity index (χ2n) is 1.64. The average molecular weight is 160 g/mol. The zero-order valence-corrected chi connectivity index (χ0v) is 5.57. The van der Waals surface area contributed by atoms with Crippen LogP contribution in [0.5, 0.6) is 0 Å². The Morgan fingerprint density at radius 3 is 2.36 bits per heavy atom. The van der Waals surface area contributed by atoms with Crippen molar-refractivity contribution in [1.29, 1.82) is 0 Å². The molecule has 0 saturated carbocycles. The lowest BCUT2D eigenvalue weighted by atomic mass is 10.4. The van der Waals surface area contributed by atoms with Crippen LogP contribution in [0.3, 0.4) is 0 Å². The lowest BCUT2D eigenvalue weighted by Gasteiger charge is -1.94. The van der Waals surface area contributed by atoms with E-state index in [4.69, 9.17) is 16.6 Å². The third-order valence-corrected chi connectivity index (χ3v) is 0.621. The molecule has 0 atom stereocenters. The summed E-state index contributed by atoms with van der Waals surface area (Å²) >= 11 is 0. The molecule has 0 fully saturated rings. The van der Waals surface area contributed by atoms with Crippen molar-refractivity contribution in [3.8, 4) is 0 Å². The number of amides is 1. The Hall–Kier alpha value is -1.79. The van der Waals surface area contributed by atoms with Crippen LogP contribution in [0.4, 0.5) is 0 Å². The van der Waals surface area contributed by atoms with Crippen LogP contribution in [0.1, 0.15) is 6.42 Å². The molecule has 62 valence electrons. The van der Waals surface area contributed by atoms with Crippen molar-refractivity contribution in [2.75, 3.05) is 0 Å². The first kappa shape index (κ1) is 9.21. The highest BCUT2D eigenvalue weighted by Crippen LogP contribution is 1.77. The number of nitrogens with zero attached hydrogens (tertiary/aromatic N) is 1. The van der Waals surface area contributed by atoms with Crippen LogP contribution in [0, 0.1) is 0 Å². The van der Waals surface area contributed by atoms with Gasteiger partial charge in [0.1, 0.15) is 6.42 Å². The van der Waals surface area contributed by atoms with Crippen LogP contribution in [-0.2, 0) is 9.59 Å². The monoisotopic (exact) mass is 160 g/mol. The molecule has 1 amide bonds. The van der Waals surface area contributed by atoms with Crippen LogP contribution < -0.4 is 16.9 Å². The molecule has 0 aromatic rings. The maximum Gasteiger partial charge on any atom is 0.312 e. The van der Waals surface area contributed by atoms with Crippen LogP contribution in [0.15, 0.2) is 5.10 Å². The quantitative estimate of drug-likeness (QED) is 0.160. The number of guanidine groups is 1. The van der Waals surface area contributed by atoms with Crippen LogP contribution >= 0.6 is 0 Å². The Morgan fingerprint density at radius 1 is 1.45 bits per heavy atom. The van der Waals surface area contributed by atoms with E-state index in [1.165, 1.54) is 0 Å². The van der Waals surface area contributed by atoms with E-state index in [9.17, 15) is 9.59 Å². The Bertz CT molecular complexity index is 196. The molecule has 11 heavy (non-hydrogen) atoms. The Morgan fingerprint density at radius 2 is 2.00 bits per heavy atom. The first-order valence-electron chi connectivity index (χ1n) is 2.61. The van der Waals surface area contributed by atoms with E-state index in [0.29, 0.717) is 0 Å². The van der Waals surface area contributed by atoms with E-state index in [0.717, 1.165) is 0 Å². The number of nitrogens with one attached hydrogen (secondary N) is 1. The smallest absolute Gasteiger partial charge is 0.312 e. The van der Waals surface area contributed by atoms with E-state index in [-0.39, 0.29) is 5.96 Å². The zero-order valence-electron chi connectivity index (χ0n) is 5.57. The molecule has 0 saturated heterocycles. The fourth-order valence-corrected chi connectivity index (χ4v) is 0.304. The van der Waals surface area contributed by atoms with Gasteiger partial charge in [0.15, 0.2) is 0 Å². The molecule has 7 nitrogen and oxygen atoms in total. The van der Waals surface area contributed by atoms with Gasteiger partial charge in [-0.3, -0.25) is 9.59 Å². The molecule has 7 heteroatoms. The maximum atomic E-state index is 10.4. The second kappa shape index (κ2) is 4.09. The van der Waals surface area contributed by atoms with Gasteiger partial charge in [0.25, 0.3) is 5.91 Å². The van der Waals surface area contributed by atoms with Gasteiger partial charge in [-0.25, -0.2) is 5.43 Å². The lowest BCUT2D eigenvalue weighted by molar-refractivity contribution is -0.140. The predicted molar refractivity (Wildman–Crippen MR) is 36.2 cm³/mol. The first-order chi connectivity index (χ1) is 5.02. The number of carboxylic acid groups (broad SMARTS) is 1. The van der Waals surface area contributed by atoms with E-state index in [1.54, 1.807) is 0 Å². The molecule has 0 spiro atoms. The Labute approximate surface area is 62.0 Å². The van der Waals surface area contributed by atoms with E-state index >= 15 is 0 Å². The lowest BCUT2D eigenvalue weighted by Crippen LogP contribution is -2.29. The minimum absolute atomic E-state index is 0.330. The van der Waals surface area contributed by atoms with Crippen LogP contribution in [-0.4, -0.2) is 22.9 Å². The van der Waals surface area contributed by atoms with Crippen LogP contribution in [0.25, 0.3) is 0 Å². The van der Waals surface area contributed by atoms with Crippen LogP contribution in [0.2, 0.25) is 0 Å². The van der Waals surface area contributed by atoms with Gasteiger partial charge in [-0.15, -0.1) is 5.10 Å². The molecule has 0 aromatic carbocycles. The number of rotatable bonds is 3. The molecule has 0 bridgehead atoms. The molecule has 0 aliphatic carbocycles. The molecule has 6 N–H and O–H groups in total. The summed E-state index contributed by atoms with van der Waals surface area (Å²) in [5, 5.41) is 11.2. The van der Waals surface area contributed by atoms with Crippen molar-refractivity contribution in [3.05, 3.63) is 0 Å². The summed E-state index contributed by atoms with van der Waals surface area (Å²) in [5.74, 6) is -2.34. The summed E-state index contributed by atoms with van der Waals surface area (Å²) in [7, 11) is 0. The number of carbonyl (C=O) groups is 2. The van der Waals surface area contributed by atoms with E-state index in [2.05, 4.69) is 5.10 Å². The summed E-state index contributed by atoms with van der Waals surface area (Å²) < 4.78 is 0. The van der Waals surface area contributed by atoms with Crippen molar-refractivity contribution >= 4 is 17.8 Å². The van der Waals surface area contributed by atoms with Crippen molar-refractivity contribution in [2.45, 2.75) is 6.42 Å². The molecule has 0 aliphatic rings. The van der Waals surface area contributed by atoms with Gasteiger partial charge in [-0.1, -0.05) is 0 Å². The standard InChI is InChI=1S/C4H8N4O3/c5-4(6)8-7-2(9)1-3(10)11/h1H2,(H,7,9)(H,10,11)(H4,5,6,8). The Balaban J connectivity index is 3.71. The van der Waals surface area contributed by atoms with Crippen molar-refractivity contribution < 1.29 is 14.7 Å². The number of carboxylic acids is 1. The molecular formula is C4H8N4O3. The SMILES string of the molecule is NC(N)=NNC(=O)CC(=O)O. The zero-order chi connectivity index (χ0) is 8.85. The number of carbonyl (C=O) groups excluding carboxylic acids is 1. The third kappa shape index (κ3) is 6.09. The number of nitrogens with two attached hydrogens (primary N) is 2. The van der Waals surface area contributed by atoms with Gasteiger partial charge in [0.05, 0.1) is 0 Å². The summed E-state index contributed by atoms with van der Waals surface area (Å²) in [6, 6.07) is 0. The Kier molecular flexibility index (Phi) is 3.43. The number of hydrogen-bond donors (Lipinski definition) is 4. The molecule has 0 rings (SSSR count). The number of hydrogen-bond acceptors (Lipinski definition) is 3. The minimum Gasteiger partial charge on any atom is -0.481 e. The van der Waals surface area contributed by atoms with Gasteiger partial charge in [-0.2, -0.15) is 0 Å². The van der Waals surface area contributed by atoms with Crippen molar-refractivity contribution in [2.24, 2.45) is 16.6 Å². The van der Waals surface area contributed by atoms with Gasteiger partial charge in [-0.05, 0) is 0 Å². The molecule has 0 aliphatic heterocycles. The molecule has 0 unspecified atom stereocenters. The van der Waals surface area contributed by atoms with Crippen molar-refractivity contribution in [1.82, 2.24) is 5.43 Å². The average Bonchev–Trinajstić information content (AvgIpc) is 1.82. The predicted octanol–water partition coefficient (Wildman–Crippen LogP) is -2.23. The van der Waals surface area contributed by atoms with Gasteiger partial charge in [0.2, 0.25) is 5.96 Å². The highest BCUT2D eigenvalue weighted by molar-refractivity contribution is 5.93. The number of hydrazone groups is 1. The highest BCUT2D eigenvalue weighted by atomic mass is 16.4. The normalized spacial score (nSPS) is 8.36. The minimum atomic E-state index is -1.24. The van der Waals surface area contributed by atoms with Gasteiger partial charge >= 0.3 is 5.97 Å². The highest BCUT2D eigenvalue weighted by Gasteiger charge is 2.05. The first-order valence-corrected chi connectivity index (χ1v) is 2.61. The summed E-state index contributed by atoms with van der Waals surface area (Å²) in [4.78, 5) is 20.3. The molecule has 0 aromatic heterocycles. The fourth-order valence-electron chi connectivity index (χ4n) is 0.304. The van der Waals surface area contributed by atoms with Crippen molar-refractivity contribution in [3.63, 3.8) is 0 Å². The summed E-state index contributed by atoms with van der Waals surface area (Å²) in [6.45, 7) is 0. The molecular weight excluding hydrogens is 152 g/mol. The summed E-state index contributed by atoms with van der Waals surface area (Å²) in [6.07, 6.45) is -0.656.